The number of aryl methyl sites for hydroxylation is 3. The van der Waals surface area contributed by atoms with E-state index in [9.17, 15) is 14.0 Å². The molecule has 1 aromatic heterocycles. The minimum atomic E-state index is -0.286. The number of thiazole rings is 1. The first kappa shape index (κ1) is 22.4. The van der Waals surface area contributed by atoms with E-state index in [4.69, 9.17) is 9.59 Å². The molecule has 0 aliphatic carbocycles. The van der Waals surface area contributed by atoms with Crippen LogP contribution in [0.5, 0.6) is 0 Å². The van der Waals surface area contributed by atoms with E-state index in [1.54, 1.807) is 33.3 Å². The van der Waals surface area contributed by atoms with Crippen molar-refractivity contribution in [3.8, 4) is 0 Å². The molecule has 0 spiro atoms. The Hall–Kier alpha value is -2.90. The molecule has 0 N–H and O–H groups in total. The number of anilines is 1. The third-order valence-electron chi connectivity index (χ3n) is 4.50. The van der Waals surface area contributed by atoms with Gasteiger partial charge < -0.3 is 4.90 Å². The number of Topliss-reactive ketones (excluding diaryl/α,β-unsaturated/α-hetero) is 1. The van der Waals surface area contributed by atoms with Gasteiger partial charge in [0.05, 0.1) is 12.2 Å². The Kier molecular flexibility index (Phi) is 8.18. The van der Waals surface area contributed by atoms with Crippen molar-refractivity contribution < 1.29 is 23.6 Å². The summed E-state index contributed by atoms with van der Waals surface area (Å²) in [5, 5.41) is 0.714. The number of urea groups is 1. The molecule has 0 atom stereocenters. The van der Waals surface area contributed by atoms with Crippen molar-refractivity contribution in [2.75, 3.05) is 24.5 Å². The number of rotatable bonds is 7. The van der Waals surface area contributed by atoms with Crippen LogP contribution in [0.1, 0.15) is 29.5 Å². The van der Waals surface area contributed by atoms with E-state index in [2.05, 4.69) is 11.9 Å². The third kappa shape index (κ3) is 6.04. The number of aromatic nitrogens is 1. The molecule has 0 radical (unpaired) electrons. The second-order valence-electron chi connectivity index (χ2n) is 6.46. The molecule has 1 saturated heterocycles. The lowest BCUT2D eigenvalue weighted by molar-refractivity contribution is -0.191. The van der Waals surface area contributed by atoms with E-state index in [1.165, 1.54) is 17.0 Å². The van der Waals surface area contributed by atoms with Crippen molar-refractivity contribution in [1.29, 1.82) is 0 Å². The van der Waals surface area contributed by atoms with Gasteiger partial charge in [-0.3, -0.25) is 9.69 Å². The smallest absolute Gasteiger partial charge is 0.315 e. The van der Waals surface area contributed by atoms with Crippen molar-refractivity contribution in [3.63, 3.8) is 0 Å². The van der Waals surface area contributed by atoms with Crippen LogP contribution in [0.2, 0.25) is 0 Å². The Morgan fingerprint density at radius 3 is 2.48 bits per heavy atom. The first-order valence-electron chi connectivity index (χ1n) is 9.17. The number of ketones is 1. The van der Waals surface area contributed by atoms with Crippen molar-refractivity contribution >= 4 is 34.4 Å². The number of benzene rings is 1. The van der Waals surface area contributed by atoms with Crippen molar-refractivity contribution in [1.82, 2.24) is 9.88 Å². The topological polar surface area (TPSA) is 87.7 Å². The van der Waals surface area contributed by atoms with Crippen LogP contribution < -0.4 is 4.90 Å². The molecule has 0 saturated carbocycles. The zero-order chi connectivity index (χ0) is 21.4. The van der Waals surface area contributed by atoms with Crippen LogP contribution in [-0.4, -0.2) is 47.5 Å². The highest BCUT2D eigenvalue weighted by Crippen LogP contribution is 2.29. The molecule has 1 aromatic carbocycles. The van der Waals surface area contributed by atoms with Gasteiger partial charge >= 0.3 is 12.2 Å². The monoisotopic (exact) mass is 419 g/mol. The van der Waals surface area contributed by atoms with Crippen LogP contribution in [0.15, 0.2) is 24.3 Å². The second-order valence-corrected chi connectivity index (χ2v) is 7.52. The fourth-order valence-corrected chi connectivity index (χ4v) is 4.01. The van der Waals surface area contributed by atoms with Gasteiger partial charge in [-0.05, 0) is 37.5 Å². The average molecular weight is 419 g/mol. The van der Waals surface area contributed by atoms with Gasteiger partial charge in [-0.1, -0.05) is 19.1 Å². The van der Waals surface area contributed by atoms with Gasteiger partial charge in [-0.15, -0.1) is 11.3 Å². The quantitative estimate of drug-likeness (QED) is 0.688. The largest absolute Gasteiger partial charge is 0.373 e. The summed E-state index contributed by atoms with van der Waals surface area (Å²) in [5.41, 5.74) is 1.88. The maximum Gasteiger partial charge on any atom is 0.373 e. The predicted molar refractivity (Wildman–Crippen MR) is 105 cm³/mol. The standard InChI is InChI=1S/C19H22FN3O2S.CO2/c1-3-17-13(2)21-18(26-17)23-11-10-22(19(23)25)12-16(24)9-6-14-4-7-15(20)8-5-14;2-1-3/h4-5,7-8H,3,6,9-12H2,1-2H3;. The molecular weight excluding hydrogens is 397 g/mol. The fourth-order valence-electron chi connectivity index (χ4n) is 2.99. The van der Waals surface area contributed by atoms with Crippen LogP contribution in [0.3, 0.4) is 0 Å². The summed E-state index contributed by atoms with van der Waals surface area (Å²) in [6, 6.07) is 5.99. The minimum Gasteiger partial charge on any atom is -0.315 e. The molecule has 7 nitrogen and oxygen atoms in total. The first-order valence-corrected chi connectivity index (χ1v) is 9.99. The van der Waals surface area contributed by atoms with Gasteiger partial charge in [0, 0.05) is 24.4 Å². The predicted octanol–water partition coefficient (Wildman–Crippen LogP) is 3.01. The van der Waals surface area contributed by atoms with E-state index < -0.39 is 0 Å². The highest BCUT2D eigenvalue weighted by molar-refractivity contribution is 7.15. The molecule has 2 aromatic rings. The number of carbonyl (C=O) groups excluding carboxylic acids is 4. The van der Waals surface area contributed by atoms with Gasteiger partial charge in [-0.25, -0.2) is 14.2 Å². The van der Waals surface area contributed by atoms with Crippen molar-refractivity contribution in [2.45, 2.75) is 33.1 Å². The van der Waals surface area contributed by atoms with Crippen LogP contribution in [-0.2, 0) is 27.2 Å². The molecule has 9 heteroatoms. The first-order chi connectivity index (χ1) is 13.9. The van der Waals surface area contributed by atoms with Gasteiger partial charge in [-0.2, -0.15) is 9.59 Å². The number of hydrogen-bond acceptors (Lipinski definition) is 6. The Morgan fingerprint density at radius 2 is 1.90 bits per heavy atom. The highest BCUT2D eigenvalue weighted by Gasteiger charge is 2.32. The number of carbonyl (C=O) groups is 2. The Labute approximate surface area is 172 Å². The summed E-state index contributed by atoms with van der Waals surface area (Å²) in [7, 11) is 0. The molecule has 1 aliphatic heterocycles. The summed E-state index contributed by atoms with van der Waals surface area (Å²) in [6.45, 7) is 5.22. The van der Waals surface area contributed by atoms with Gasteiger partial charge in [0.25, 0.3) is 0 Å². The lowest BCUT2D eigenvalue weighted by atomic mass is 10.1. The van der Waals surface area contributed by atoms with E-state index in [0.717, 1.165) is 17.7 Å². The van der Waals surface area contributed by atoms with Crippen LogP contribution in [0.25, 0.3) is 0 Å². The number of amides is 2. The van der Waals surface area contributed by atoms with E-state index in [0.29, 0.717) is 31.1 Å². The molecule has 2 heterocycles. The molecule has 0 bridgehead atoms. The van der Waals surface area contributed by atoms with E-state index in [-0.39, 0.29) is 30.3 Å². The Morgan fingerprint density at radius 1 is 1.24 bits per heavy atom. The normalized spacial score (nSPS) is 13.1. The van der Waals surface area contributed by atoms with Gasteiger partial charge in [0.15, 0.2) is 10.9 Å². The molecule has 3 rings (SSSR count). The maximum atomic E-state index is 12.9. The SMILES string of the molecule is CCc1sc(N2CCN(CC(=O)CCc3ccc(F)cc3)C2=O)nc1C.O=C=O. The number of hydrogen-bond donors (Lipinski definition) is 0. The lowest BCUT2D eigenvalue weighted by Gasteiger charge is -2.16. The molecule has 154 valence electrons. The maximum absolute atomic E-state index is 12.9. The summed E-state index contributed by atoms with van der Waals surface area (Å²) >= 11 is 1.54. The lowest BCUT2D eigenvalue weighted by Crippen LogP contribution is -2.35. The minimum absolute atomic E-state index is 0.00842. The summed E-state index contributed by atoms with van der Waals surface area (Å²) in [4.78, 5) is 50.0. The Balaban J connectivity index is 0.000000941. The van der Waals surface area contributed by atoms with Crippen molar-refractivity contribution in [3.05, 3.63) is 46.2 Å². The zero-order valence-corrected chi connectivity index (χ0v) is 17.1. The summed E-state index contributed by atoms with van der Waals surface area (Å²) < 4.78 is 12.9. The zero-order valence-electron chi connectivity index (χ0n) is 16.3. The van der Waals surface area contributed by atoms with Crippen LogP contribution in [0, 0.1) is 12.7 Å². The highest BCUT2D eigenvalue weighted by atomic mass is 32.1. The Bertz CT molecular complexity index is 892. The fraction of sp³-hybridized carbons (Fsp3) is 0.400. The average Bonchev–Trinajstić information content (AvgIpc) is 3.24. The number of nitrogens with zero attached hydrogens (tertiary/aromatic N) is 3. The molecule has 1 fully saturated rings. The van der Waals surface area contributed by atoms with E-state index in [1.807, 2.05) is 6.92 Å². The molecule has 0 unspecified atom stereocenters. The molecule has 1 aliphatic rings. The van der Waals surface area contributed by atoms with E-state index >= 15 is 0 Å². The van der Waals surface area contributed by atoms with Gasteiger partial charge in [0.2, 0.25) is 0 Å². The molecule has 2 amide bonds. The third-order valence-corrected chi connectivity index (χ3v) is 5.83. The van der Waals surface area contributed by atoms with Crippen LogP contribution >= 0.6 is 11.3 Å². The summed E-state index contributed by atoms with van der Waals surface area (Å²) in [5.74, 6) is -0.277. The second kappa shape index (κ2) is 10.6. The summed E-state index contributed by atoms with van der Waals surface area (Å²) in [6.07, 6.45) is 2.04. The molecular formula is C20H22FN3O4S. The number of halogens is 1. The molecule has 29 heavy (non-hydrogen) atoms. The van der Waals surface area contributed by atoms with Crippen LogP contribution in [0.4, 0.5) is 14.3 Å². The van der Waals surface area contributed by atoms with Crippen molar-refractivity contribution in [2.24, 2.45) is 0 Å². The van der Waals surface area contributed by atoms with Gasteiger partial charge in [0.1, 0.15) is 5.82 Å².